The molecular formula is C15H30N2O3. The lowest BCUT2D eigenvalue weighted by Crippen LogP contribution is -2.39. The molecule has 1 aliphatic carbocycles. The van der Waals surface area contributed by atoms with Crippen LogP contribution in [-0.2, 0) is 9.53 Å². The molecule has 1 saturated carbocycles. The molecule has 0 spiro atoms. The van der Waals surface area contributed by atoms with Crippen molar-refractivity contribution in [1.82, 2.24) is 5.32 Å². The highest BCUT2D eigenvalue weighted by atomic mass is 16.5. The van der Waals surface area contributed by atoms with Gasteiger partial charge in [-0.1, -0.05) is 26.2 Å². The first-order valence-corrected chi connectivity index (χ1v) is 7.84. The second-order valence-corrected chi connectivity index (χ2v) is 5.96. The van der Waals surface area contributed by atoms with Crippen molar-refractivity contribution in [3.8, 4) is 0 Å². The minimum Gasteiger partial charge on any atom is -0.389 e. The van der Waals surface area contributed by atoms with Crippen LogP contribution in [0.25, 0.3) is 0 Å². The molecule has 0 aliphatic heterocycles. The van der Waals surface area contributed by atoms with Crippen molar-refractivity contribution in [2.75, 3.05) is 13.2 Å². The van der Waals surface area contributed by atoms with Crippen LogP contribution in [0.5, 0.6) is 0 Å². The quantitative estimate of drug-likeness (QED) is 0.594. The lowest BCUT2D eigenvalue weighted by Gasteiger charge is -2.31. The average Bonchev–Trinajstić information content (AvgIpc) is 2.42. The normalized spacial score (nSPS) is 26.1. The van der Waals surface area contributed by atoms with E-state index >= 15 is 0 Å². The second-order valence-electron chi connectivity index (χ2n) is 5.96. The third-order valence-electron chi connectivity index (χ3n) is 4.08. The van der Waals surface area contributed by atoms with E-state index in [4.69, 9.17) is 10.5 Å². The summed E-state index contributed by atoms with van der Waals surface area (Å²) in [4.78, 5) is 10.8. The Hall–Kier alpha value is -0.650. The fraction of sp³-hybridized carbons (Fsp3) is 0.933. The lowest BCUT2D eigenvalue weighted by atomic mass is 9.85. The lowest BCUT2D eigenvalue weighted by molar-refractivity contribution is -0.118. The molecule has 1 fully saturated rings. The number of primary amides is 1. The fourth-order valence-electron chi connectivity index (χ4n) is 2.86. The van der Waals surface area contributed by atoms with Gasteiger partial charge in [0.15, 0.2) is 0 Å². The Labute approximate surface area is 122 Å². The Balaban J connectivity index is 2.18. The molecule has 5 heteroatoms. The molecule has 4 N–H and O–H groups in total. The fourth-order valence-corrected chi connectivity index (χ4v) is 2.86. The van der Waals surface area contributed by atoms with Crippen molar-refractivity contribution >= 4 is 5.91 Å². The first-order valence-electron chi connectivity index (χ1n) is 7.84. The number of hydrogen-bond acceptors (Lipinski definition) is 4. The standard InChI is InChI=1S/C15H30N2O3/c1-3-12-6-4-5-7-14(12)20-10-13(18)9-17-11(2)8-15(16)19/h11-14,17-18H,3-10H2,1-2H3,(H2,16,19). The zero-order valence-electron chi connectivity index (χ0n) is 12.8. The molecule has 0 aromatic carbocycles. The summed E-state index contributed by atoms with van der Waals surface area (Å²) in [5.41, 5.74) is 5.12. The van der Waals surface area contributed by atoms with E-state index in [0.29, 0.717) is 25.2 Å². The van der Waals surface area contributed by atoms with Gasteiger partial charge in [0.2, 0.25) is 5.91 Å². The molecule has 1 amide bonds. The van der Waals surface area contributed by atoms with Gasteiger partial charge >= 0.3 is 0 Å². The third-order valence-corrected chi connectivity index (χ3v) is 4.08. The Morgan fingerprint density at radius 3 is 2.80 bits per heavy atom. The number of amides is 1. The summed E-state index contributed by atoms with van der Waals surface area (Å²) in [6.45, 7) is 4.87. The van der Waals surface area contributed by atoms with Gasteiger partial charge in [0.05, 0.1) is 18.8 Å². The van der Waals surface area contributed by atoms with Gasteiger partial charge < -0.3 is 20.9 Å². The number of carbonyl (C=O) groups excluding carboxylic acids is 1. The van der Waals surface area contributed by atoms with Crippen LogP contribution in [-0.4, -0.2) is 42.4 Å². The Bertz CT molecular complexity index is 286. The van der Waals surface area contributed by atoms with Crippen LogP contribution < -0.4 is 11.1 Å². The molecular weight excluding hydrogens is 256 g/mol. The predicted octanol–water partition coefficient (Wildman–Crippen LogP) is 1.19. The van der Waals surface area contributed by atoms with Crippen molar-refractivity contribution in [1.29, 1.82) is 0 Å². The molecule has 4 unspecified atom stereocenters. The topological polar surface area (TPSA) is 84.6 Å². The van der Waals surface area contributed by atoms with Crippen LogP contribution in [0, 0.1) is 5.92 Å². The number of hydrogen-bond donors (Lipinski definition) is 3. The highest BCUT2D eigenvalue weighted by Crippen LogP contribution is 2.29. The van der Waals surface area contributed by atoms with E-state index in [1.54, 1.807) is 0 Å². The van der Waals surface area contributed by atoms with E-state index in [0.717, 1.165) is 12.8 Å². The predicted molar refractivity (Wildman–Crippen MR) is 79.3 cm³/mol. The Morgan fingerprint density at radius 2 is 2.15 bits per heavy atom. The first kappa shape index (κ1) is 17.4. The number of aliphatic hydroxyl groups is 1. The van der Waals surface area contributed by atoms with Crippen LogP contribution in [0.1, 0.15) is 52.4 Å². The van der Waals surface area contributed by atoms with Crippen molar-refractivity contribution in [2.24, 2.45) is 11.7 Å². The summed E-state index contributed by atoms with van der Waals surface area (Å²) in [5.74, 6) is 0.307. The van der Waals surface area contributed by atoms with Gasteiger partial charge in [0, 0.05) is 19.0 Å². The zero-order valence-corrected chi connectivity index (χ0v) is 12.8. The molecule has 20 heavy (non-hydrogen) atoms. The average molecular weight is 286 g/mol. The van der Waals surface area contributed by atoms with Crippen LogP contribution >= 0.6 is 0 Å². The molecule has 0 aromatic heterocycles. The number of aliphatic hydroxyl groups excluding tert-OH is 1. The molecule has 118 valence electrons. The van der Waals surface area contributed by atoms with Crippen LogP contribution in [0.2, 0.25) is 0 Å². The number of nitrogens with one attached hydrogen (secondary N) is 1. The number of rotatable bonds is 9. The molecule has 0 bridgehead atoms. The smallest absolute Gasteiger partial charge is 0.218 e. The van der Waals surface area contributed by atoms with Crippen molar-refractivity contribution in [3.63, 3.8) is 0 Å². The highest BCUT2D eigenvalue weighted by Gasteiger charge is 2.24. The molecule has 0 radical (unpaired) electrons. The van der Waals surface area contributed by atoms with E-state index < -0.39 is 6.10 Å². The van der Waals surface area contributed by atoms with E-state index in [1.165, 1.54) is 19.3 Å². The minimum absolute atomic E-state index is 0.0137. The Morgan fingerprint density at radius 1 is 1.45 bits per heavy atom. The molecule has 1 rings (SSSR count). The SMILES string of the molecule is CCC1CCCCC1OCC(O)CNC(C)CC(N)=O. The van der Waals surface area contributed by atoms with Crippen LogP contribution in [0.15, 0.2) is 0 Å². The summed E-state index contributed by atoms with van der Waals surface area (Å²) < 4.78 is 5.88. The van der Waals surface area contributed by atoms with E-state index in [9.17, 15) is 9.90 Å². The number of carbonyl (C=O) groups is 1. The second kappa shape index (κ2) is 9.32. The maximum atomic E-state index is 10.8. The maximum Gasteiger partial charge on any atom is 0.218 e. The molecule has 0 heterocycles. The molecule has 0 aromatic rings. The summed E-state index contributed by atoms with van der Waals surface area (Å²) in [5, 5.41) is 13.0. The third kappa shape index (κ3) is 6.68. The van der Waals surface area contributed by atoms with E-state index in [1.807, 2.05) is 6.92 Å². The minimum atomic E-state index is -0.537. The largest absolute Gasteiger partial charge is 0.389 e. The molecule has 4 atom stereocenters. The first-order chi connectivity index (χ1) is 9.52. The van der Waals surface area contributed by atoms with Gasteiger partial charge in [0.25, 0.3) is 0 Å². The maximum absolute atomic E-state index is 10.8. The van der Waals surface area contributed by atoms with Crippen LogP contribution in [0.4, 0.5) is 0 Å². The van der Waals surface area contributed by atoms with Crippen molar-refractivity contribution in [2.45, 2.75) is 70.6 Å². The van der Waals surface area contributed by atoms with Gasteiger partial charge in [0.1, 0.15) is 0 Å². The number of ether oxygens (including phenoxy) is 1. The van der Waals surface area contributed by atoms with Gasteiger partial charge in [-0.05, 0) is 25.7 Å². The van der Waals surface area contributed by atoms with Gasteiger partial charge in [-0.3, -0.25) is 4.79 Å². The summed E-state index contributed by atoms with van der Waals surface area (Å²) in [7, 11) is 0. The monoisotopic (exact) mass is 286 g/mol. The van der Waals surface area contributed by atoms with Crippen molar-refractivity contribution < 1.29 is 14.6 Å². The van der Waals surface area contributed by atoms with E-state index in [2.05, 4.69) is 12.2 Å². The van der Waals surface area contributed by atoms with Crippen LogP contribution in [0.3, 0.4) is 0 Å². The van der Waals surface area contributed by atoms with E-state index in [-0.39, 0.29) is 18.4 Å². The summed E-state index contributed by atoms with van der Waals surface area (Å²) >= 11 is 0. The number of nitrogens with two attached hydrogens (primary N) is 1. The Kier molecular flexibility index (Phi) is 8.11. The molecule has 0 saturated heterocycles. The summed E-state index contributed by atoms with van der Waals surface area (Å²) in [6, 6.07) is -0.0137. The summed E-state index contributed by atoms with van der Waals surface area (Å²) in [6.07, 6.45) is 6.07. The molecule has 1 aliphatic rings. The highest BCUT2D eigenvalue weighted by molar-refractivity contribution is 5.74. The van der Waals surface area contributed by atoms with Gasteiger partial charge in [-0.2, -0.15) is 0 Å². The zero-order chi connectivity index (χ0) is 15.0. The molecule has 5 nitrogen and oxygen atoms in total. The van der Waals surface area contributed by atoms with Gasteiger partial charge in [-0.25, -0.2) is 0 Å². The van der Waals surface area contributed by atoms with Gasteiger partial charge in [-0.15, -0.1) is 0 Å². The van der Waals surface area contributed by atoms with Crippen molar-refractivity contribution in [3.05, 3.63) is 0 Å².